The number of aliphatic carboxylic acids is 1. The van der Waals surface area contributed by atoms with Crippen LogP contribution in [0.3, 0.4) is 0 Å². The first kappa shape index (κ1) is 14.6. The van der Waals surface area contributed by atoms with Crippen molar-refractivity contribution >= 4 is 21.9 Å². The molecule has 0 spiro atoms. The van der Waals surface area contributed by atoms with E-state index in [9.17, 15) is 9.90 Å². The molecule has 0 atom stereocenters. The van der Waals surface area contributed by atoms with Crippen molar-refractivity contribution in [2.75, 3.05) is 0 Å². The zero-order valence-corrected chi connectivity index (χ0v) is 12.8. The molecule has 0 aliphatic carbocycles. The van der Waals surface area contributed by atoms with Crippen molar-refractivity contribution in [3.8, 4) is 11.4 Å². The second-order valence-corrected chi connectivity index (χ2v) is 5.29. The Morgan fingerprint density at radius 3 is 2.55 bits per heavy atom. The van der Waals surface area contributed by atoms with Crippen molar-refractivity contribution < 1.29 is 9.90 Å². The minimum absolute atomic E-state index is 0.404. The lowest BCUT2D eigenvalue weighted by Crippen LogP contribution is -2.42. The van der Waals surface area contributed by atoms with E-state index in [1.165, 1.54) is 4.68 Å². The number of halogens is 1. The summed E-state index contributed by atoms with van der Waals surface area (Å²) < 4.78 is 2.23. The van der Waals surface area contributed by atoms with Crippen LogP contribution < -0.4 is 0 Å². The highest BCUT2D eigenvalue weighted by Crippen LogP contribution is 2.32. The first-order chi connectivity index (χ1) is 9.56. The third-order valence-corrected chi connectivity index (χ3v) is 4.25. The summed E-state index contributed by atoms with van der Waals surface area (Å²) in [5.41, 5.74) is -0.362. The van der Waals surface area contributed by atoms with Crippen molar-refractivity contribution in [3.05, 3.63) is 28.7 Å². The quantitative estimate of drug-likeness (QED) is 0.906. The van der Waals surface area contributed by atoms with E-state index in [0.717, 1.165) is 10.0 Å². The molecule has 2 rings (SSSR count). The largest absolute Gasteiger partial charge is 0.479 e. The molecule has 0 fully saturated rings. The summed E-state index contributed by atoms with van der Waals surface area (Å²) in [7, 11) is 0. The molecule has 0 aliphatic rings. The molecule has 20 heavy (non-hydrogen) atoms. The van der Waals surface area contributed by atoms with Crippen molar-refractivity contribution in [1.29, 1.82) is 0 Å². The Morgan fingerprint density at radius 1 is 1.35 bits per heavy atom. The van der Waals surface area contributed by atoms with Gasteiger partial charge in [0, 0.05) is 10.0 Å². The standard InChI is InChI=1S/C13H15BrN4O2/c1-3-13(4-2,12(19)20)18-11(15-16-17-18)9-7-5-6-8-10(9)14/h5-8H,3-4H2,1-2H3,(H,19,20). The molecule has 0 radical (unpaired) electrons. The van der Waals surface area contributed by atoms with Crippen molar-refractivity contribution in [1.82, 2.24) is 20.2 Å². The van der Waals surface area contributed by atoms with Crippen LogP contribution in [0.4, 0.5) is 0 Å². The predicted octanol–water partition coefficient (Wildman–Crippen LogP) is 2.70. The van der Waals surface area contributed by atoms with Crippen LogP contribution in [0.1, 0.15) is 26.7 Å². The molecule has 2 aromatic rings. The van der Waals surface area contributed by atoms with Gasteiger partial charge in [-0.05, 0) is 35.4 Å². The molecule has 6 nitrogen and oxygen atoms in total. The lowest BCUT2D eigenvalue weighted by Gasteiger charge is -2.27. The molecule has 0 saturated heterocycles. The van der Waals surface area contributed by atoms with Crippen LogP contribution in [0.5, 0.6) is 0 Å². The van der Waals surface area contributed by atoms with Crippen molar-refractivity contribution in [2.24, 2.45) is 0 Å². The van der Waals surface area contributed by atoms with Gasteiger partial charge in [0.05, 0.1) is 0 Å². The van der Waals surface area contributed by atoms with E-state index in [2.05, 4.69) is 31.5 Å². The van der Waals surface area contributed by atoms with E-state index in [1.54, 1.807) is 0 Å². The minimum Gasteiger partial charge on any atom is -0.479 e. The van der Waals surface area contributed by atoms with Gasteiger partial charge in [0.15, 0.2) is 11.4 Å². The Labute approximate surface area is 124 Å². The molecule has 1 heterocycles. The van der Waals surface area contributed by atoms with Gasteiger partial charge in [0.2, 0.25) is 0 Å². The predicted molar refractivity (Wildman–Crippen MR) is 77.1 cm³/mol. The highest BCUT2D eigenvalue weighted by atomic mass is 79.9. The number of carboxylic acid groups (broad SMARTS) is 1. The maximum Gasteiger partial charge on any atom is 0.331 e. The number of carboxylic acids is 1. The van der Waals surface area contributed by atoms with E-state index in [4.69, 9.17) is 0 Å². The number of hydrogen-bond acceptors (Lipinski definition) is 4. The summed E-state index contributed by atoms with van der Waals surface area (Å²) >= 11 is 3.44. The Balaban J connectivity index is 2.64. The van der Waals surface area contributed by atoms with Gasteiger partial charge >= 0.3 is 5.97 Å². The fourth-order valence-electron chi connectivity index (χ4n) is 2.23. The maximum atomic E-state index is 11.7. The minimum atomic E-state index is -1.13. The highest BCUT2D eigenvalue weighted by Gasteiger charge is 2.40. The zero-order chi connectivity index (χ0) is 14.8. The van der Waals surface area contributed by atoms with E-state index in [0.29, 0.717) is 18.7 Å². The van der Waals surface area contributed by atoms with E-state index < -0.39 is 11.5 Å². The van der Waals surface area contributed by atoms with E-state index >= 15 is 0 Å². The first-order valence-electron chi connectivity index (χ1n) is 6.34. The normalized spacial score (nSPS) is 11.6. The van der Waals surface area contributed by atoms with Crippen LogP contribution in [0, 0.1) is 0 Å². The second kappa shape index (κ2) is 5.70. The van der Waals surface area contributed by atoms with Gasteiger partial charge in [-0.15, -0.1) is 5.10 Å². The number of rotatable bonds is 5. The van der Waals surface area contributed by atoms with Gasteiger partial charge in [-0.3, -0.25) is 0 Å². The van der Waals surface area contributed by atoms with E-state index in [1.807, 2.05) is 38.1 Å². The summed E-state index contributed by atoms with van der Waals surface area (Å²) in [6.45, 7) is 3.65. The lowest BCUT2D eigenvalue weighted by molar-refractivity contribution is -0.148. The van der Waals surface area contributed by atoms with E-state index in [-0.39, 0.29) is 0 Å². The Morgan fingerprint density at radius 2 is 2.00 bits per heavy atom. The van der Waals surface area contributed by atoms with Crippen molar-refractivity contribution in [2.45, 2.75) is 32.2 Å². The Hall–Kier alpha value is -1.76. The monoisotopic (exact) mass is 338 g/mol. The smallest absolute Gasteiger partial charge is 0.331 e. The van der Waals surface area contributed by atoms with Gasteiger partial charge in [0.1, 0.15) is 0 Å². The average Bonchev–Trinajstić information content (AvgIpc) is 2.91. The molecule has 0 saturated carbocycles. The van der Waals surface area contributed by atoms with Gasteiger partial charge in [0.25, 0.3) is 0 Å². The fraction of sp³-hybridized carbons (Fsp3) is 0.385. The number of carbonyl (C=O) groups is 1. The maximum absolute atomic E-state index is 11.7. The molecular weight excluding hydrogens is 324 g/mol. The van der Waals surface area contributed by atoms with Gasteiger partial charge in [-0.25, -0.2) is 9.48 Å². The number of benzene rings is 1. The fourth-order valence-corrected chi connectivity index (χ4v) is 2.69. The molecular formula is C13H15BrN4O2. The molecule has 1 aromatic heterocycles. The summed E-state index contributed by atoms with van der Waals surface area (Å²) in [5.74, 6) is -0.480. The number of hydrogen-bond donors (Lipinski definition) is 1. The summed E-state index contributed by atoms with van der Waals surface area (Å²) in [5, 5.41) is 21.2. The highest BCUT2D eigenvalue weighted by molar-refractivity contribution is 9.10. The first-order valence-corrected chi connectivity index (χ1v) is 7.13. The average molecular weight is 339 g/mol. The van der Waals surface area contributed by atoms with Crippen LogP contribution >= 0.6 is 15.9 Å². The van der Waals surface area contributed by atoms with Crippen LogP contribution in [0.2, 0.25) is 0 Å². The molecule has 0 unspecified atom stereocenters. The molecule has 1 N–H and O–H groups in total. The lowest BCUT2D eigenvalue weighted by atomic mass is 9.92. The van der Waals surface area contributed by atoms with Gasteiger partial charge in [-0.2, -0.15) is 0 Å². The second-order valence-electron chi connectivity index (χ2n) is 4.44. The zero-order valence-electron chi connectivity index (χ0n) is 11.2. The number of aromatic nitrogens is 4. The van der Waals surface area contributed by atoms with Crippen LogP contribution in [0.25, 0.3) is 11.4 Å². The number of nitrogens with zero attached hydrogens (tertiary/aromatic N) is 4. The summed E-state index contributed by atoms with van der Waals surface area (Å²) in [6.07, 6.45) is 0.808. The number of tetrazole rings is 1. The third-order valence-electron chi connectivity index (χ3n) is 3.56. The SMILES string of the molecule is CCC(CC)(C(=O)O)n1nnnc1-c1ccccc1Br. The molecule has 0 amide bonds. The third kappa shape index (κ3) is 2.22. The molecule has 106 valence electrons. The molecule has 0 aliphatic heterocycles. The van der Waals surface area contributed by atoms with Crippen LogP contribution in [-0.2, 0) is 10.3 Å². The van der Waals surface area contributed by atoms with Gasteiger partial charge < -0.3 is 5.11 Å². The van der Waals surface area contributed by atoms with Crippen molar-refractivity contribution in [3.63, 3.8) is 0 Å². The topological polar surface area (TPSA) is 80.9 Å². The van der Waals surface area contributed by atoms with Crippen LogP contribution in [0.15, 0.2) is 28.7 Å². The van der Waals surface area contributed by atoms with Gasteiger partial charge in [-0.1, -0.05) is 41.9 Å². The summed E-state index contributed by atoms with van der Waals surface area (Å²) in [4.78, 5) is 11.7. The molecule has 0 bridgehead atoms. The molecule has 1 aromatic carbocycles. The Kier molecular flexibility index (Phi) is 4.17. The van der Waals surface area contributed by atoms with Crippen LogP contribution in [-0.4, -0.2) is 31.3 Å². The molecule has 7 heteroatoms. The summed E-state index contributed by atoms with van der Waals surface area (Å²) in [6, 6.07) is 7.46. The Bertz CT molecular complexity index is 622.